The second kappa shape index (κ2) is 3.39. The van der Waals surface area contributed by atoms with Gasteiger partial charge in [0.05, 0.1) is 0 Å². The quantitative estimate of drug-likeness (QED) is 0.536. The maximum atomic E-state index is 11.7. The van der Waals surface area contributed by atoms with Crippen molar-refractivity contribution in [1.29, 1.82) is 0 Å². The molecular weight excluding hydrogens is 143 g/mol. The van der Waals surface area contributed by atoms with Crippen molar-refractivity contribution in [3.63, 3.8) is 0 Å². The normalized spacial score (nSPS) is 13.4. The van der Waals surface area contributed by atoms with Crippen LogP contribution in [0.3, 0.4) is 0 Å². The van der Waals surface area contributed by atoms with Crippen LogP contribution in [0.25, 0.3) is 0 Å². The molecule has 0 rings (SSSR count). The third-order valence-electron chi connectivity index (χ3n) is 0.812. The first-order chi connectivity index (χ1) is 4.52. The lowest BCUT2D eigenvalue weighted by Crippen LogP contribution is -2.20. The molecule has 0 unspecified atom stereocenters. The third-order valence-corrected chi connectivity index (χ3v) is 0.812. The van der Waals surface area contributed by atoms with Gasteiger partial charge >= 0.3 is 6.18 Å². The van der Waals surface area contributed by atoms with E-state index in [2.05, 4.69) is 11.6 Å². The van der Waals surface area contributed by atoms with E-state index in [-0.39, 0.29) is 6.54 Å². The molecule has 0 aliphatic heterocycles. The van der Waals surface area contributed by atoms with Gasteiger partial charge in [0.25, 0.3) is 0 Å². The van der Waals surface area contributed by atoms with Gasteiger partial charge in [-0.1, -0.05) is 6.58 Å². The summed E-state index contributed by atoms with van der Waals surface area (Å²) in [6.07, 6.45) is -3.64. The number of hydrogen-bond acceptors (Lipinski definition) is 1. The molecule has 0 atom stereocenters. The number of halogens is 3. The van der Waals surface area contributed by atoms with Crippen LogP contribution in [-0.2, 0) is 0 Å². The number of allylic oxidation sites excluding steroid dienone is 1. The van der Waals surface area contributed by atoms with Crippen molar-refractivity contribution in [3.05, 3.63) is 12.7 Å². The van der Waals surface area contributed by atoms with Gasteiger partial charge in [-0.3, -0.25) is 4.99 Å². The summed E-state index contributed by atoms with van der Waals surface area (Å²) in [5.41, 5.74) is -0.907. The van der Waals surface area contributed by atoms with Crippen LogP contribution in [0.2, 0.25) is 0 Å². The minimum Gasteiger partial charge on any atom is -0.281 e. The summed E-state index contributed by atoms with van der Waals surface area (Å²) < 4.78 is 35.1. The minimum atomic E-state index is -4.35. The van der Waals surface area contributed by atoms with E-state index >= 15 is 0 Å². The Balaban J connectivity index is 4.36. The second-order valence-corrected chi connectivity index (χ2v) is 1.56. The highest BCUT2D eigenvalue weighted by Gasteiger charge is 2.32. The van der Waals surface area contributed by atoms with Crippen LogP contribution in [0.4, 0.5) is 13.2 Å². The highest BCUT2D eigenvalue weighted by Crippen LogP contribution is 2.17. The van der Waals surface area contributed by atoms with Crippen LogP contribution in [0.5, 0.6) is 0 Å². The lowest BCUT2D eigenvalue weighted by molar-refractivity contribution is -0.0578. The largest absolute Gasteiger partial charge is 0.432 e. The van der Waals surface area contributed by atoms with Crippen molar-refractivity contribution in [2.24, 2.45) is 4.99 Å². The number of alkyl halides is 3. The van der Waals surface area contributed by atoms with Gasteiger partial charge in [0, 0.05) is 6.54 Å². The summed E-state index contributed by atoms with van der Waals surface area (Å²) in [5.74, 6) is 0. The Hall–Kier alpha value is -0.800. The zero-order valence-electron chi connectivity index (χ0n) is 5.57. The molecule has 0 heterocycles. The summed E-state index contributed by atoms with van der Waals surface area (Å²) >= 11 is 0. The first-order valence-corrected chi connectivity index (χ1v) is 2.76. The first-order valence-electron chi connectivity index (χ1n) is 2.76. The van der Waals surface area contributed by atoms with Crippen molar-refractivity contribution < 1.29 is 13.2 Å². The molecule has 0 saturated heterocycles. The molecular formula is C6H8F3N. The molecule has 0 aromatic carbocycles. The van der Waals surface area contributed by atoms with E-state index in [1.165, 1.54) is 6.92 Å². The van der Waals surface area contributed by atoms with E-state index in [0.29, 0.717) is 6.08 Å². The maximum absolute atomic E-state index is 11.7. The molecule has 0 spiro atoms. The van der Waals surface area contributed by atoms with Gasteiger partial charge in [0.15, 0.2) is 0 Å². The van der Waals surface area contributed by atoms with Gasteiger partial charge in [-0.05, 0) is 13.0 Å². The van der Waals surface area contributed by atoms with Crippen molar-refractivity contribution in [2.75, 3.05) is 6.54 Å². The van der Waals surface area contributed by atoms with Gasteiger partial charge in [-0.25, -0.2) is 0 Å². The standard InChI is InChI=1S/C6H8F3N/c1-3-5(10-4-2)6(7,8)9/h3H,1,4H2,2H3/b10-5+. The highest BCUT2D eigenvalue weighted by molar-refractivity contribution is 5.98. The Bertz CT molecular complexity index is 146. The fourth-order valence-electron chi connectivity index (χ4n) is 0.440. The Morgan fingerprint density at radius 2 is 2.10 bits per heavy atom. The van der Waals surface area contributed by atoms with Crippen LogP contribution in [-0.4, -0.2) is 18.4 Å². The molecule has 1 nitrogen and oxygen atoms in total. The maximum Gasteiger partial charge on any atom is 0.432 e. The smallest absolute Gasteiger partial charge is 0.281 e. The number of aliphatic imine (C=N–C) groups is 1. The molecule has 0 fully saturated rings. The van der Waals surface area contributed by atoms with Crippen molar-refractivity contribution in [3.8, 4) is 0 Å². The fraction of sp³-hybridized carbons (Fsp3) is 0.500. The summed E-state index contributed by atoms with van der Waals surface area (Å²) in [6.45, 7) is 4.66. The zero-order chi connectivity index (χ0) is 8.20. The van der Waals surface area contributed by atoms with Crippen LogP contribution in [0, 0.1) is 0 Å². The molecule has 10 heavy (non-hydrogen) atoms. The summed E-state index contributed by atoms with van der Waals surface area (Å²) in [5, 5.41) is 0. The average molecular weight is 151 g/mol. The monoisotopic (exact) mass is 151 g/mol. The van der Waals surface area contributed by atoms with Crippen molar-refractivity contribution >= 4 is 5.71 Å². The van der Waals surface area contributed by atoms with Gasteiger partial charge in [-0.2, -0.15) is 13.2 Å². The van der Waals surface area contributed by atoms with Crippen LogP contribution >= 0.6 is 0 Å². The molecule has 0 amide bonds. The lowest BCUT2D eigenvalue weighted by Gasteiger charge is -2.04. The molecule has 0 aliphatic rings. The molecule has 0 aromatic heterocycles. The predicted molar refractivity (Wildman–Crippen MR) is 34.2 cm³/mol. The van der Waals surface area contributed by atoms with Gasteiger partial charge < -0.3 is 0 Å². The fourth-order valence-corrected chi connectivity index (χ4v) is 0.440. The predicted octanol–water partition coefficient (Wildman–Crippen LogP) is 2.20. The van der Waals surface area contributed by atoms with E-state index in [4.69, 9.17) is 0 Å². The van der Waals surface area contributed by atoms with E-state index < -0.39 is 11.9 Å². The zero-order valence-corrected chi connectivity index (χ0v) is 5.57. The molecule has 0 saturated carbocycles. The van der Waals surface area contributed by atoms with E-state index in [0.717, 1.165) is 0 Å². The Morgan fingerprint density at radius 1 is 1.60 bits per heavy atom. The molecule has 58 valence electrons. The summed E-state index contributed by atoms with van der Waals surface area (Å²) in [6, 6.07) is 0. The van der Waals surface area contributed by atoms with Crippen LogP contribution < -0.4 is 0 Å². The number of nitrogens with zero attached hydrogens (tertiary/aromatic N) is 1. The topological polar surface area (TPSA) is 12.4 Å². The SMILES string of the molecule is C=C/C(=N\CC)C(F)(F)F. The number of rotatable bonds is 2. The molecule has 0 aliphatic carbocycles. The van der Waals surface area contributed by atoms with Gasteiger partial charge in [-0.15, -0.1) is 0 Å². The van der Waals surface area contributed by atoms with E-state index in [1.54, 1.807) is 0 Å². The summed E-state index contributed by atoms with van der Waals surface area (Å²) in [4.78, 5) is 3.19. The van der Waals surface area contributed by atoms with Gasteiger partial charge in [0.2, 0.25) is 0 Å². The Kier molecular flexibility index (Phi) is 3.12. The van der Waals surface area contributed by atoms with Gasteiger partial charge in [0.1, 0.15) is 5.71 Å². The van der Waals surface area contributed by atoms with Crippen molar-refractivity contribution in [1.82, 2.24) is 0 Å². The first kappa shape index (κ1) is 9.20. The van der Waals surface area contributed by atoms with Crippen LogP contribution in [0.15, 0.2) is 17.6 Å². The number of hydrogen-bond donors (Lipinski definition) is 0. The molecule has 4 heteroatoms. The Morgan fingerprint density at radius 3 is 2.20 bits per heavy atom. The highest BCUT2D eigenvalue weighted by atomic mass is 19.4. The van der Waals surface area contributed by atoms with Crippen molar-refractivity contribution in [2.45, 2.75) is 13.1 Å². The van der Waals surface area contributed by atoms with Crippen LogP contribution in [0.1, 0.15) is 6.92 Å². The second-order valence-electron chi connectivity index (χ2n) is 1.56. The molecule has 0 N–H and O–H groups in total. The Labute approximate surface area is 57.3 Å². The molecule has 0 radical (unpaired) electrons. The average Bonchev–Trinajstić information content (AvgIpc) is 1.80. The minimum absolute atomic E-state index is 0.126. The molecule has 0 bridgehead atoms. The van der Waals surface area contributed by atoms with E-state index in [1.807, 2.05) is 0 Å². The lowest BCUT2D eigenvalue weighted by atomic mass is 10.3. The third kappa shape index (κ3) is 2.66. The molecule has 0 aromatic rings. The van der Waals surface area contributed by atoms with E-state index in [9.17, 15) is 13.2 Å². The summed E-state index contributed by atoms with van der Waals surface area (Å²) in [7, 11) is 0.